The maximum absolute atomic E-state index is 12.1. The quantitative estimate of drug-likeness (QED) is 0.630. The van der Waals surface area contributed by atoms with Gasteiger partial charge in [-0.25, -0.2) is 8.42 Å². The molecule has 0 atom stereocenters. The summed E-state index contributed by atoms with van der Waals surface area (Å²) < 4.78 is 34.1. The second-order valence-electron chi connectivity index (χ2n) is 5.63. The standard InChI is InChI=1S/C19H20ClNO6S/c1-26-17-12-13(11-16(20)19(17)27-2)3-8-18(23)21-14-4-6-15(7-5-14)28(24,25)10-9-22/h3-8,11-12,22H,9-10H2,1-2H3,(H,21,23). The first-order valence-electron chi connectivity index (χ1n) is 8.15. The van der Waals surface area contributed by atoms with Gasteiger partial charge in [-0.3, -0.25) is 4.79 Å². The van der Waals surface area contributed by atoms with Gasteiger partial charge in [0.1, 0.15) is 0 Å². The molecule has 2 aromatic carbocycles. The highest BCUT2D eigenvalue weighted by atomic mass is 35.5. The molecule has 0 radical (unpaired) electrons. The predicted octanol–water partition coefficient (Wildman–Crippen LogP) is 2.78. The number of anilines is 1. The second kappa shape index (κ2) is 9.59. The third kappa shape index (κ3) is 5.48. The minimum atomic E-state index is -3.53. The number of ether oxygens (including phenoxy) is 2. The Balaban J connectivity index is 2.09. The highest BCUT2D eigenvalue weighted by molar-refractivity contribution is 7.91. The van der Waals surface area contributed by atoms with Crippen molar-refractivity contribution in [1.29, 1.82) is 0 Å². The van der Waals surface area contributed by atoms with Crippen LogP contribution < -0.4 is 14.8 Å². The van der Waals surface area contributed by atoms with Gasteiger partial charge in [0.2, 0.25) is 5.91 Å². The van der Waals surface area contributed by atoms with Crippen molar-refractivity contribution >= 4 is 39.1 Å². The van der Waals surface area contributed by atoms with E-state index in [-0.39, 0.29) is 10.6 Å². The molecule has 150 valence electrons. The third-order valence-electron chi connectivity index (χ3n) is 3.72. The summed E-state index contributed by atoms with van der Waals surface area (Å²) in [5, 5.41) is 11.8. The highest BCUT2D eigenvalue weighted by Crippen LogP contribution is 2.36. The fraction of sp³-hybridized carbons (Fsp3) is 0.211. The Morgan fingerprint density at radius 3 is 2.43 bits per heavy atom. The molecule has 28 heavy (non-hydrogen) atoms. The lowest BCUT2D eigenvalue weighted by molar-refractivity contribution is -0.111. The zero-order chi connectivity index (χ0) is 20.7. The van der Waals surface area contributed by atoms with Gasteiger partial charge in [0.05, 0.1) is 36.5 Å². The van der Waals surface area contributed by atoms with Crippen molar-refractivity contribution in [1.82, 2.24) is 0 Å². The van der Waals surface area contributed by atoms with Gasteiger partial charge in [-0.15, -0.1) is 0 Å². The first kappa shape index (κ1) is 21.7. The summed E-state index contributed by atoms with van der Waals surface area (Å²) in [4.78, 5) is 12.2. The number of amides is 1. The van der Waals surface area contributed by atoms with Crippen LogP contribution in [0, 0.1) is 0 Å². The molecule has 0 saturated carbocycles. The van der Waals surface area contributed by atoms with Crippen molar-refractivity contribution in [3.63, 3.8) is 0 Å². The zero-order valence-corrected chi connectivity index (χ0v) is 16.9. The van der Waals surface area contributed by atoms with Gasteiger partial charge >= 0.3 is 0 Å². The molecule has 0 spiro atoms. The number of carbonyl (C=O) groups is 1. The fourth-order valence-corrected chi connectivity index (χ4v) is 3.70. The Kier molecular flexibility index (Phi) is 7.45. The Morgan fingerprint density at radius 1 is 1.18 bits per heavy atom. The van der Waals surface area contributed by atoms with Crippen molar-refractivity contribution < 1.29 is 27.8 Å². The Morgan fingerprint density at radius 2 is 1.86 bits per heavy atom. The SMILES string of the molecule is COc1cc(C=CC(=O)Nc2ccc(S(=O)(=O)CCO)cc2)cc(Cl)c1OC. The molecular weight excluding hydrogens is 406 g/mol. The minimum absolute atomic E-state index is 0.0788. The van der Waals surface area contributed by atoms with Gasteiger partial charge in [-0.2, -0.15) is 0 Å². The molecule has 2 N–H and O–H groups in total. The predicted molar refractivity (Wildman–Crippen MR) is 108 cm³/mol. The van der Waals surface area contributed by atoms with Crippen LogP contribution in [0.25, 0.3) is 6.08 Å². The molecule has 0 aliphatic heterocycles. The molecule has 2 rings (SSSR count). The molecule has 0 saturated heterocycles. The molecule has 0 unspecified atom stereocenters. The molecule has 7 nitrogen and oxygen atoms in total. The van der Waals surface area contributed by atoms with Crippen molar-refractivity contribution in [2.75, 3.05) is 31.9 Å². The van der Waals surface area contributed by atoms with Crippen LogP contribution in [0.3, 0.4) is 0 Å². The van der Waals surface area contributed by atoms with Gasteiger partial charge in [-0.1, -0.05) is 11.6 Å². The normalized spacial score (nSPS) is 11.4. The van der Waals surface area contributed by atoms with Crippen LogP contribution in [-0.4, -0.2) is 46.0 Å². The van der Waals surface area contributed by atoms with Crippen molar-refractivity contribution in [2.45, 2.75) is 4.90 Å². The summed E-state index contributed by atoms with van der Waals surface area (Å²) in [6, 6.07) is 9.01. The van der Waals surface area contributed by atoms with Gasteiger partial charge < -0.3 is 19.9 Å². The molecular formula is C19H20ClNO6S. The molecule has 0 fully saturated rings. The van der Waals surface area contributed by atoms with E-state index in [9.17, 15) is 13.2 Å². The summed E-state index contributed by atoms with van der Waals surface area (Å²) in [6.07, 6.45) is 2.87. The van der Waals surface area contributed by atoms with E-state index >= 15 is 0 Å². The second-order valence-corrected chi connectivity index (χ2v) is 8.14. The van der Waals surface area contributed by atoms with Gasteiger partial charge in [0.25, 0.3) is 0 Å². The number of rotatable bonds is 8. The van der Waals surface area contributed by atoms with Crippen LogP contribution >= 0.6 is 11.6 Å². The summed E-state index contributed by atoms with van der Waals surface area (Å²) in [5.41, 5.74) is 1.08. The van der Waals surface area contributed by atoms with E-state index in [1.54, 1.807) is 18.2 Å². The van der Waals surface area contributed by atoms with Crippen molar-refractivity contribution in [3.05, 3.63) is 53.1 Å². The molecule has 0 aliphatic rings. The van der Waals surface area contributed by atoms with E-state index < -0.39 is 22.4 Å². The average Bonchev–Trinajstić information content (AvgIpc) is 2.66. The summed E-state index contributed by atoms with van der Waals surface area (Å²) >= 11 is 6.13. The van der Waals surface area contributed by atoms with E-state index in [1.807, 2.05) is 0 Å². The first-order chi connectivity index (χ1) is 13.3. The Bertz CT molecular complexity index is 971. The lowest BCUT2D eigenvalue weighted by Crippen LogP contribution is -2.11. The number of nitrogens with one attached hydrogen (secondary N) is 1. The molecule has 9 heteroatoms. The minimum Gasteiger partial charge on any atom is -0.493 e. The monoisotopic (exact) mass is 425 g/mol. The maximum atomic E-state index is 12.1. The number of hydrogen-bond acceptors (Lipinski definition) is 6. The Hall–Kier alpha value is -2.55. The smallest absolute Gasteiger partial charge is 0.248 e. The van der Waals surface area contributed by atoms with Crippen LogP contribution in [-0.2, 0) is 14.6 Å². The zero-order valence-electron chi connectivity index (χ0n) is 15.3. The van der Waals surface area contributed by atoms with E-state index in [1.165, 1.54) is 44.6 Å². The molecule has 0 aliphatic carbocycles. The lowest BCUT2D eigenvalue weighted by atomic mass is 10.2. The number of carbonyl (C=O) groups excluding carboxylic acids is 1. The summed E-state index contributed by atoms with van der Waals surface area (Å²) in [6.45, 7) is -0.453. The molecule has 2 aromatic rings. The largest absolute Gasteiger partial charge is 0.493 e. The van der Waals surface area contributed by atoms with Gasteiger partial charge in [0, 0.05) is 11.8 Å². The van der Waals surface area contributed by atoms with Crippen molar-refractivity contribution in [2.24, 2.45) is 0 Å². The van der Waals surface area contributed by atoms with Crippen molar-refractivity contribution in [3.8, 4) is 11.5 Å². The van der Waals surface area contributed by atoms with E-state index in [2.05, 4.69) is 5.32 Å². The van der Waals surface area contributed by atoms with Crippen LogP contribution in [0.4, 0.5) is 5.69 Å². The molecule has 0 heterocycles. The first-order valence-corrected chi connectivity index (χ1v) is 10.2. The van der Waals surface area contributed by atoms with Crippen LogP contribution in [0.5, 0.6) is 11.5 Å². The number of benzene rings is 2. The number of hydrogen-bond donors (Lipinski definition) is 2. The number of halogens is 1. The fourth-order valence-electron chi connectivity index (χ4n) is 2.37. The van der Waals surface area contributed by atoms with E-state index in [4.69, 9.17) is 26.2 Å². The number of sulfone groups is 1. The summed E-state index contributed by atoms with van der Waals surface area (Å²) in [5.74, 6) is 0.0867. The van der Waals surface area contributed by atoms with Crippen LogP contribution in [0.15, 0.2) is 47.4 Å². The average molecular weight is 426 g/mol. The van der Waals surface area contributed by atoms with Gasteiger partial charge in [0.15, 0.2) is 21.3 Å². The van der Waals surface area contributed by atoms with Gasteiger partial charge in [-0.05, 0) is 48.0 Å². The third-order valence-corrected chi connectivity index (χ3v) is 5.72. The highest BCUT2D eigenvalue weighted by Gasteiger charge is 2.13. The number of methoxy groups -OCH3 is 2. The summed E-state index contributed by atoms with van der Waals surface area (Å²) in [7, 11) is -0.566. The lowest BCUT2D eigenvalue weighted by Gasteiger charge is -2.10. The topological polar surface area (TPSA) is 102 Å². The Labute approximate surface area is 168 Å². The molecule has 1 amide bonds. The maximum Gasteiger partial charge on any atom is 0.248 e. The van der Waals surface area contributed by atoms with E-state index in [0.29, 0.717) is 27.8 Å². The molecule has 0 bridgehead atoms. The molecule has 0 aromatic heterocycles. The number of aliphatic hydroxyl groups excluding tert-OH is 1. The van der Waals surface area contributed by atoms with Crippen LogP contribution in [0.2, 0.25) is 5.02 Å². The number of aliphatic hydroxyl groups is 1. The van der Waals surface area contributed by atoms with Crippen LogP contribution in [0.1, 0.15) is 5.56 Å². The van der Waals surface area contributed by atoms with E-state index in [0.717, 1.165) is 0 Å².